The Morgan fingerprint density at radius 2 is 1.87 bits per heavy atom. The average Bonchev–Trinajstić information content (AvgIpc) is 3.16. The van der Waals surface area contributed by atoms with E-state index in [1.165, 1.54) is 22.8 Å². The fourth-order valence-corrected chi connectivity index (χ4v) is 5.37. The fraction of sp³-hybridized carbons (Fsp3) is 0.308. The van der Waals surface area contributed by atoms with Gasteiger partial charge in [-0.3, -0.25) is 14.3 Å². The van der Waals surface area contributed by atoms with Crippen LogP contribution in [0.2, 0.25) is 10.0 Å². The van der Waals surface area contributed by atoms with Gasteiger partial charge >= 0.3 is 5.69 Å². The minimum absolute atomic E-state index is 0.0953. The Balaban J connectivity index is 1.31. The van der Waals surface area contributed by atoms with Crippen LogP contribution >= 0.6 is 23.2 Å². The van der Waals surface area contributed by atoms with E-state index in [4.69, 9.17) is 23.2 Å². The number of imidazole rings is 1. The number of hydrogen-bond donors (Lipinski definition) is 1. The molecule has 0 atom stereocenters. The normalized spacial score (nSPS) is 17.7. The molecule has 0 bridgehead atoms. The molecular formula is C26H22Cl2F3N5O2. The van der Waals surface area contributed by atoms with Crippen LogP contribution in [0.3, 0.4) is 0 Å². The van der Waals surface area contributed by atoms with E-state index in [1.807, 2.05) is 0 Å². The van der Waals surface area contributed by atoms with Gasteiger partial charge in [-0.15, -0.1) is 0 Å². The van der Waals surface area contributed by atoms with Crippen molar-refractivity contribution in [3.63, 3.8) is 0 Å². The van der Waals surface area contributed by atoms with E-state index in [9.17, 15) is 22.8 Å². The number of hydrogen-bond acceptors (Lipinski definition) is 4. The number of alkyl halides is 2. The van der Waals surface area contributed by atoms with Crippen molar-refractivity contribution in [3.05, 3.63) is 86.4 Å². The Bertz CT molecular complexity index is 1560. The molecule has 3 aromatic heterocycles. The van der Waals surface area contributed by atoms with Crippen molar-refractivity contribution in [3.8, 4) is 5.69 Å². The zero-order valence-electron chi connectivity index (χ0n) is 19.9. The van der Waals surface area contributed by atoms with E-state index in [0.717, 1.165) is 12.3 Å². The molecule has 198 valence electrons. The average molecular weight is 564 g/mol. The van der Waals surface area contributed by atoms with E-state index >= 15 is 0 Å². The van der Waals surface area contributed by atoms with Crippen molar-refractivity contribution in [2.75, 3.05) is 0 Å². The largest absolute Gasteiger partial charge is 0.349 e. The summed E-state index contributed by atoms with van der Waals surface area (Å²) in [6.45, 7) is 0.418. The van der Waals surface area contributed by atoms with Crippen LogP contribution in [0.25, 0.3) is 16.9 Å². The van der Waals surface area contributed by atoms with Gasteiger partial charge in [-0.2, -0.15) is 0 Å². The molecule has 1 aliphatic rings. The highest BCUT2D eigenvalue weighted by atomic mass is 35.5. The summed E-state index contributed by atoms with van der Waals surface area (Å²) in [7, 11) is 0. The number of rotatable bonds is 6. The smallest absolute Gasteiger partial charge is 0.335 e. The highest BCUT2D eigenvalue weighted by molar-refractivity contribution is 6.32. The van der Waals surface area contributed by atoms with Crippen molar-refractivity contribution in [2.45, 2.75) is 44.7 Å². The third-order valence-electron chi connectivity index (χ3n) is 6.80. The number of halogens is 5. The minimum Gasteiger partial charge on any atom is -0.349 e. The van der Waals surface area contributed by atoms with Gasteiger partial charge in [0.2, 0.25) is 0 Å². The summed E-state index contributed by atoms with van der Waals surface area (Å²) < 4.78 is 43.2. The number of nitrogens with zero attached hydrogens (tertiary/aromatic N) is 4. The number of amides is 1. The molecule has 0 saturated heterocycles. The highest BCUT2D eigenvalue weighted by Gasteiger charge is 2.27. The zero-order valence-corrected chi connectivity index (χ0v) is 21.4. The molecule has 1 aromatic carbocycles. The van der Waals surface area contributed by atoms with Gasteiger partial charge in [0.15, 0.2) is 5.65 Å². The van der Waals surface area contributed by atoms with E-state index in [2.05, 4.69) is 15.3 Å². The lowest BCUT2D eigenvalue weighted by Gasteiger charge is -2.29. The first kappa shape index (κ1) is 26.2. The van der Waals surface area contributed by atoms with Crippen molar-refractivity contribution in [1.82, 2.24) is 24.4 Å². The molecule has 4 aromatic rings. The zero-order chi connectivity index (χ0) is 27.0. The van der Waals surface area contributed by atoms with Crippen molar-refractivity contribution in [1.29, 1.82) is 0 Å². The molecule has 5 rings (SSSR count). The second-order valence-electron chi connectivity index (χ2n) is 9.25. The summed E-state index contributed by atoms with van der Waals surface area (Å²) in [6, 6.07) is 8.35. The number of fused-ring (bicyclic) bond motifs is 1. The number of nitrogens with one attached hydrogen (secondary N) is 1. The molecule has 3 heterocycles. The van der Waals surface area contributed by atoms with Gasteiger partial charge in [-0.05, 0) is 68.0 Å². The number of aromatic nitrogens is 4. The van der Waals surface area contributed by atoms with Crippen molar-refractivity contribution >= 4 is 40.3 Å². The molecule has 1 N–H and O–H groups in total. The second kappa shape index (κ2) is 10.8. The predicted octanol–water partition coefficient (Wildman–Crippen LogP) is 5.95. The monoisotopic (exact) mass is 563 g/mol. The van der Waals surface area contributed by atoms with Gasteiger partial charge < -0.3 is 5.32 Å². The van der Waals surface area contributed by atoms with Crippen LogP contribution in [0.1, 0.15) is 48.2 Å². The first-order valence-electron chi connectivity index (χ1n) is 12.0. The SMILES string of the molecule is O=C(N[C@H]1CC[C@H](Cn2c(=O)n(-c3ccc(F)cc3Cl)c3ncccc32)CC1)c1cc(Cl)cnc1C(F)F. The van der Waals surface area contributed by atoms with Gasteiger partial charge in [0, 0.05) is 25.0 Å². The maximum Gasteiger partial charge on any atom is 0.335 e. The fourth-order valence-electron chi connectivity index (χ4n) is 4.96. The molecule has 12 heteroatoms. The van der Waals surface area contributed by atoms with Crippen LogP contribution in [0.4, 0.5) is 13.2 Å². The molecule has 1 fully saturated rings. The van der Waals surface area contributed by atoms with Crippen LogP contribution in [-0.2, 0) is 6.54 Å². The Hall–Kier alpha value is -3.37. The Morgan fingerprint density at radius 1 is 1.11 bits per heavy atom. The number of carbonyl (C=O) groups is 1. The predicted molar refractivity (Wildman–Crippen MR) is 138 cm³/mol. The van der Waals surface area contributed by atoms with Gasteiger partial charge in [0.25, 0.3) is 12.3 Å². The van der Waals surface area contributed by atoms with Crippen LogP contribution in [0.15, 0.2) is 53.6 Å². The molecule has 0 aliphatic heterocycles. The number of carbonyl (C=O) groups excluding carboxylic acids is 1. The highest BCUT2D eigenvalue weighted by Crippen LogP contribution is 2.29. The molecule has 1 saturated carbocycles. The standard InChI is InChI=1S/C26H22Cl2F3N5O2/c27-15-10-18(22(23(30)31)33-12-15)25(37)34-17-6-3-14(4-7-17)13-35-21-2-1-9-32-24(21)36(26(35)38)20-8-5-16(29)11-19(20)28/h1-2,5,8-12,14,17,23H,3-4,6-7,13H2,(H,34,37)/t14-,17-. The molecule has 0 radical (unpaired) electrons. The third-order valence-corrected chi connectivity index (χ3v) is 7.31. The summed E-state index contributed by atoms with van der Waals surface area (Å²) in [5, 5.41) is 3.02. The van der Waals surface area contributed by atoms with Crippen molar-refractivity contribution in [2.24, 2.45) is 5.92 Å². The summed E-state index contributed by atoms with van der Waals surface area (Å²) in [5.74, 6) is -1.02. The molecule has 38 heavy (non-hydrogen) atoms. The third kappa shape index (κ3) is 5.15. The Morgan fingerprint density at radius 3 is 2.58 bits per heavy atom. The van der Waals surface area contributed by atoms with Gasteiger partial charge in [0.05, 0.1) is 26.8 Å². The topological polar surface area (TPSA) is 81.8 Å². The molecule has 7 nitrogen and oxygen atoms in total. The van der Waals surface area contributed by atoms with Gasteiger partial charge in [-0.1, -0.05) is 23.2 Å². The molecule has 0 unspecified atom stereocenters. The molecule has 1 aliphatic carbocycles. The van der Waals surface area contributed by atoms with E-state index < -0.39 is 23.8 Å². The lowest BCUT2D eigenvalue weighted by molar-refractivity contribution is 0.0904. The first-order chi connectivity index (χ1) is 18.2. The van der Waals surface area contributed by atoms with E-state index in [1.54, 1.807) is 22.9 Å². The maximum absolute atomic E-state index is 13.6. The lowest BCUT2D eigenvalue weighted by atomic mass is 9.85. The summed E-state index contributed by atoms with van der Waals surface area (Å²) in [6.07, 6.45) is 2.40. The Labute approximate surface area is 225 Å². The van der Waals surface area contributed by atoms with Crippen LogP contribution in [0, 0.1) is 11.7 Å². The minimum atomic E-state index is -2.90. The van der Waals surface area contributed by atoms with Crippen LogP contribution in [0.5, 0.6) is 0 Å². The summed E-state index contributed by atoms with van der Waals surface area (Å²) in [5.41, 5.74) is 0.201. The summed E-state index contributed by atoms with van der Waals surface area (Å²) in [4.78, 5) is 34.2. The number of benzene rings is 1. The summed E-state index contributed by atoms with van der Waals surface area (Å²) >= 11 is 12.1. The second-order valence-corrected chi connectivity index (χ2v) is 10.1. The maximum atomic E-state index is 13.6. The van der Waals surface area contributed by atoms with E-state index in [0.29, 0.717) is 49.1 Å². The quantitative estimate of drug-likeness (QED) is 0.314. The van der Waals surface area contributed by atoms with Gasteiger partial charge in [0.1, 0.15) is 11.5 Å². The first-order valence-corrected chi connectivity index (χ1v) is 12.7. The Kier molecular flexibility index (Phi) is 7.45. The number of pyridine rings is 2. The molecule has 0 spiro atoms. The molecule has 1 amide bonds. The van der Waals surface area contributed by atoms with Crippen molar-refractivity contribution < 1.29 is 18.0 Å². The van der Waals surface area contributed by atoms with Crippen LogP contribution in [-0.4, -0.2) is 31.1 Å². The molecular weight excluding hydrogens is 542 g/mol. The van der Waals surface area contributed by atoms with E-state index in [-0.39, 0.29) is 33.3 Å². The van der Waals surface area contributed by atoms with Crippen LogP contribution < -0.4 is 11.0 Å². The van der Waals surface area contributed by atoms with Gasteiger partial charge in [-0.25, -0.2) is 27.5 Å². The lowest BCUT2D eigenvalue weighted by Crippen LogP contribution is -2.39.